The average Bonchev–Trinajstić information content (AvgIpc) is 2.78. The van der Waals surface area contributed by atoms with Crippen LogP contribution >= 0.6 is 90.4 Å². The van der Waals surface area contributed by atoms with Crippen molar-refractivity contribution in [3.05, 3.63) is 73.9 Å². The molecule has 0 radical (unpaired) electrons. The fraction of sp³-hybridized carbons (Fsp3) is 0.125. The van der Waals surface area contributed by atoms with E-state index in [9.17, 15) is 14.4 Å². The standard InChI is InChI=1S/C24H17I4NO7/c1-11(30)34-20-5-3-2-4-14(20)24(33)36-22-17(27)9-13(10-18(22)28)35-21-15(25)6-12(7-16(21)26)8-19(29)23(31)32/h2-7,9-10,19H,8,29H2,1H3,(H,31,32)/t19-/m0/s1. The molecule has 0 spiro atoms. The van der Waals surface area contributed by atoms with Gasteiger partial charge >= 0.3 is 17.9 Å². The largest absolute Gasteiger partial charge is 0.480 e. The molecule has 36 heavy (non-hydrogen) atoms. The van der Waals surface area contributed by atoms with Gasteiger partial charge in [-0.05, 0) is 139 Å². The van der Waals surface area contributed by atoms with Crippen LogP contribution in [-0.2, 0) is 16.0 Å². The molecular formula is C24H17I4NO7. The number of carbonyl (C=O) groups is 3. The lowest BCUT2D eigenvalue weighted by Crippen LogP contribution is -2.32. The van der Waals surface area contributed by atoms with Crippen molar-refractivity contribution in [1.82, 2.24) is 0 Å². The number of aliphatic carboxylic acids is 1. The van der Waals surface area contributed by atoms with E-state index in [0.29, 0.717) is 24.4 Å². The van der Waals surface area contributed by atoms with E-state index >= 15 is 0 Å². The molecular weight excluding hydrogens is 922 g/mol. The highest BCUT2D eigenvalue weighted by Crippen LogP contribution is 2.38. The number of ether oxygens (including phenoxy) is 3. The summed E-state index contributed by atoms with van der Waals surface area (Å²) in [5.41, 5.74) is 6.59. The maximum absolute atomic E-state index is 12.8. The summed E-state index contributed by atoms with van der Waals surface area (Å²) in [7, 11) is 0. The Labute approximate surface area is 261 Å². The molecule has 1 atom stereocenters. The third-order valence-electron chi connectivity index (χ3n) is 4.58. The molecule has 0 heterocycles. The zero-order valence-corrected chi connectivity index (χ0v) is 27.0. The fourth-order valence-electron chi connectivity index (χ4n) is 3.01. The van der Waals surface area contributed by atoms with Gasteiger partial charge in [-0.3, -0.25) is 9.59 Å². The summed E-state index contributed by atoms with van der Waals surface area (Å²) >= 11 is 8.38. The molecule has 0 amide bonds. The van der Waals surface area contributed by atoms with Crippen LogP contribution in [0.15, 0.2) is 48.5 Å². The van der Waals surface area contributed by atoms with Crippen molar-refractivity contribution in [3.8, 4) is 23.0 Å². The van der Waals surface area contributed by atoms with Gasteiger partial charge in [0.25, 0.3) is 0 Å². The Morgan fingerprint density at radius 1 is 0.889 bits per heavy atom. The molecule has 3 aromatic rings. The van der Waals surface area contributed by atoms with E-state index in [-0.39, 0.29) is 17.7 Å². The first-order valence-corrected chi connectivity index (χ1v) is 14.4. The number of carboxylic acid groups (broad SMARTS) is 1. The van der Waals surface area contributed by atoms with Gasteiger partial charge in [0.15, 0.2) is 11.5 Å². The minimum Gasteiger partial charge on any atom is -0.480 e. The average molecular weight is 939 g/mol. The van der Waals surface area contributed by atoms with Gasteiger partial charge in [-0.15, -0.1) is 0 Å². The van der Waals surface area contributed by atoms with Gasteiger partial charge < -0.3 is 25.1 Å². The molecule has 0 fully saturated rings. The van der Waals surface area contributed by atoms with Crippen LogP contribution in [0.1, 0.15) is 22.8 Å². The third-order valence-corrected chi connectivity index (χ3v) is 7.78. The van der Waals surface area contributed by atoms with Gasteiger partial charge in [0.1, 0.15) is 23.1 Å². The number of hydrogen-bond donors (Lipinski definition) is 2. The topological polar surface area (TPSA) is 125 Å². The minimum absolute atomic E-state index is 0.122. The lowest BCUT2D eigenvalue weighted by Gasteiger charge is -2.15. The summed E-state index contributed by atoms with van der Waals surface area (Å²) in [4.78, 5) is 35.3. The summed E-state index contributed by atoms with van der Waals surface area (Å²) in [6, 6.07) is 12.5. The van der Waals surface area contributed by atoms with E-state index in [0.717, 1.165) is 12.7 Å². The molecule has 0 aliphatic rings. The summed E-state index contributed by atoms with van der Waals surface area (Å²) < 4.78 is 19.8. The van der Waals surface area contributed by atoms with Crippen molar-refractivity contribution in [1.29, 1.82) is 0 Å². The van der Waals surface area contributed by atoms with Crippen molar-refractivity contribution in [2.24, 2.45) is 5.73 Å². The van der Waals surface area contributed by atoms with Crippen LogP contribution in [0.25, 0.3) is 0 Å². The zero-order chi connectivity index (χ0) is 26.6. The predicted octanol–water partition coefficient (Wildman–Crippen LogP) is 6.00. The quantitative estimate of drug-likeness (QED) is 0.160. The molecule has 0 saturated heterocycles. The van der Waals surface area contributed by atoms with Crippen LogP contribution in [0.5, 0.6) is 23.0 Å². The number of hydrogen-bond acceptors (Lipinski definition) is 7. The van der Waals surface area contributed by atoms with Crippen molar-refractivity contribution >= 4 is 108 Å². The maximum atomic E-state index is 12.8. The Balaban J connectivity index is 1.82. The first-order valence-electron chi connectivity index (χ1n) is 10.1. The number of rotatable bonds is 8. The van der Waals surface area contributed by atoms with Crippen molar-refractivity contribution in [2.75, 3.05) is 0 Å². The molecule has 3 aromatic carbocycles. The Morgan fingerprint density at radius 3 is 2.00 bits per heavy atom. The van der Waals surface area contributed by atoms with Gasteiger partial charge in [0.05, 0.1) is 14.3 Å². The van der Waals surface area contributed by atoms with Gasteiger partial charge in [-0.1, -0.05) is 12.1 Å². The molecule has 0 aromatic heterocycles. The number of halogens is 4. The first-order chi connectivity index (χ1) is 17.0. The zero-order valence-electron chi connectivity index (χ0n) is 18.4. The van der Waals surface area contributed by atoms with Crippen LogP contribution in [0.3, 0.4) is 0 Å². The summed E-state index contributed by atoms with van der Waals surface area (Å²) in [5, 5.41) is 9.07. The van der Waals surface area contributed by atoms with E-state index < -0.39 is 23.9 Å². The number of esters is 2. The number of para-hydroxylation sites is 1. The van der Waals surface area contributed by atoms with Gasteiger partial charge in [0.2, 0.25) is 0 Å². The fourth-order valence-corrected chi connectivity index (χ4v) is 7.06. The molecule has 188 valence electrons. The molecule has 12 heteroatoms. The second kappa shape index (κ2) is 13.0. The van der Waals surface area contributed by atoms with E-state index in [1.807, 2.05) is 12.1 Å². The summed E-state index contributed by atoms with van der Waals surface area (Å²) in [6.45, 7) is 1.26. The lowest BCUT2D eigenvalue weighted by molar-refractivity contribution is -0.138. The SMILES string of the molecule is CC(=O)Oc1ccccc1C(=O)Oc1c(I)cc(Oc2c(I)cc(C[C@H](N)C(=O)O)cc2I)cc1I. The molecule has 3 rings (SSSR count). The lowest BCUT2D eigenvalue weighted by atomic mass is 10.1. The van der Waals surface area contributed by atoms with Crippen molar-refractivity contribution in [3.63, 3.8) is 0 Å². The Kier molecular flexibility index (Phi) is 10.6. The van der Waals surface area contributed by atoms with Crippen molar-refractivity contribution in [2.45, 2.75) is 19.4 Å². The van der Waals surface area contributed by atoms with Crippen LogP contribution in [0.4, 0.5) is 0 Å². The highest BCUT2D eigenvalue weighted by molar-refractivity contribution is 14.1. The number of benzene rings is 3. The Morgan fingerprint density at radius 2 is 1.44 bits per heavy atom. The number of carbonyl (C=O) groups excluding carboxylic acids is 2. The van der Waals surface area contributed by atoms with Crippen LogP contribution in [-0.4, -0.2) is 29.1 Å². The minimum atomic E-state index is -1.06. The second-order valence-corrected chi connectivity index (χ2v) is 12.0. The molecule has 0 bridgehead atoms. The van der Waals surface area contributed by atoms with Crippen molar-refractivity contribution < 1.29 is 33.7 Å². The van der Waals surface area contributed by atoms with E-state index in [1.165, 1.54) is 19.1 Å². The van der Waals surface area contributed by atoms with Crippen LogP contribution < -0.4 is 19.9 Å². The molecule has 0 aliphatic heterocycles. The molecule has 3 N–H and O–H groups in total. The van der Waals surface area contributed by atoms with Crippen LogP contribution in [0, 0.1) is 14.3 Å². The van der Waals surface area contributed by atoms with Gasteiger partial charge in [-0.2, -0.15) is 0 Å². The molecule has 8 nitrogen and oxygen atoms in total. The highest BCUT2D eigenvalue weighted by Gasteiger charge is 2.21. The smallest absolute Gasteiger partial charge is 0.347 e. The number of carboxylic acids is 1. The van der Waals surface area contributed by atoms with Gasteiger partial charge in [-0.25, -0.2) is 4.79 Å². The summed E-state index contributed by atoms with van der Waals surface area (Å²) in [5.74, 6) is -0.616. The van der Waals surface area contributed by atoms with Crippen LogP contribution in [0.2, 0.25) is 0 Å². The predicted molar refractivity (Wildman–Crippen MR) is 166 cm³/mol. The Bertz CT molecular complexity index is 1300. The summed E-state index contributed by atoms with van der Waals surface area (Å²) in [6.07, 6.45) is 0.206. The van der Waals surface area contributed by atoms with E-state index in [1.54, 1.807) is 24.3 Å². The first kappa shape index (κ1) is 29.3. The van der Waals surface area contributed by atoms with Gasteiger partial charge in [0, 0.05) is 6.92 Å². The highest BCUT2D eigenvalue weighted by atomic mass is 127. The molecule has 0 saturated carbocycles. The monoisotopic (exact) mass is 939 g/mol. The molecule has 0 unspecified atom stereocenters. The Hall–Kier alpha value is -1.25. The maximum Gasteiger partial charge on any atom is 0.347 e. The molecule has 0 aliphatic carbocycles. The number of nitrogens with two attached hydrogens (primary N) is 1. The van der Waals surface area contributed by atoms with E-state index in [2.05, 4.69) is 90.4 Å². The second-order valence-electron chi connectivity index (χ2n) is 7.33. The third kappa shape index (κ3) is 7.64. The van der Waals surface area contributed by atoms with E-state index in [4.69, 9.17) is 25.1 Å². The normalized spacial score (nSPS) is 11.5.